The highest BCUT2D eigenvalue weighted by molar-refractivity contribution is 6.73. The van der Waals surface area contributed by atoms with Crippen LogP contribution in [0.15, 0.2) is 48.5 Å². The van der Waals surface area contributed by atoms with Crippen LogP contribution in [0, 0.1) is 0 Å². The van der Waals surface area contributed by atoms with Gasteiger partial charge in [0.15, 0.2) is 25.9 Å². The van der Waals surface area contributed by atoms with Gasteiger partial charge >= 0.3 is 0 Å². The first-order chi connectivity index (χ1) is 14.9. The van der Waals surface area contributed by atoms with Crippen LogP contribution in [-0.4, -0.2) is 45.4 Å². The lowest BCUT2D eigenvalue weighted by Gasteiger charge is -2.48. The number of hydrogen-bond acceptors (Lipinski definition) is 5. The number of rotatable bonds is 9. The zero-order chi connectivity index (χ0) is 22.6. The third kappa shape index (κ3) is 4.25. The van der Waals surface area contributed by atoms with E-state index < -0.39 is 20.5 Å². The van der Waals surface area contributed by atoms with E-state index in [4.69, 9.17) is 13.9 Å². The number of amides is 2. The molecule has 6 nitrogen and oxygen atoms in total. The summed E-state index contributed by atoms with van der Waals surface area (Å²) in [7, 11) is 1.08. The molecule has 2 aromatic carbocycles. The molecule has 0 radical (unpaired) electrons. The fourth-order valence-corrected chi connectivity index (χ4v) is 6.92. The summed E-state index contributed by atoms with van der Waals surface area (Å²) in [4.78, 5) is 27.8. The summed E-state index contributed by atoms with van der Waals surface area (Å²) in [5.41, 5.74) is 1.27. The predicted molar refractivity (Wildman–Crippen MR) is 122 cm³/mol. The Morgan fingerprint density at radius 1 is 0.935 bits per heavy atom. The van der Waals surface area contributed by atoms with Crippen LogP contribution in [0.1, 0.15) is 42.7 Å². The maximum atomic E-state index is 13.2. The maximum absolute atomic E-state index is 13.2. The van der Waals surface area contributed by atoms with Crippen molar-refractivity contribution in [2.75, 3.05) is 14.2 Å². The Bertz CT molecular complexity index is 921. The minimum absolute atomic E-state index is 0.277. The molecule has 0 N–H and O–H groups in total. The number of β-lactam (4-membered cyclic amide) rings is 1. The maximum Gasteiger partial charge on any atom is 0.261 e. The molecular weight excluding hydrogens is 410 g/mol. The topological polar surface area (TPSA) is 65.1 Å². The molecule has 2 amide bonds. The molecule has 166 valence electrons. The second kappa shape index (κ2) is 9.66. The van der Waals surface area contributed by atoms with Crippen molar-refractivity contribution in [2.45, 2.75) is 51.0 Å². The summed E-state index contributed by atoms with van der Waals surface area (Å²) >= 11 is 0. The van der Waals surface area contributed by atoms with Gasteiger partial charge in [0, 0.05) is 5.56 Å². The monoisotopic (exact) mass is 441 g/mol. The van der Waals surface area contributed by atoms with Crippen molar-refractivity contribution in [3.05, 3.63) is 59.7 Å². The van der Waals surface area contributed by atoms with E-state index in [0.29, 0.717) is 17.1 Å². The highest BCUT2D eigenvalue weighted by atomic mass is 28.4. The summed E-state index contributed by atoms with van der Waals surface area (Å²) < 4.78 is 17.4. The van der Waals surface area contributed by atoms with Crippen LogP contribution < -0.4 is 9.47 Å². The van der Waals surface area contributed by atoms with E-state index in [1.807, 2.05) is 18.2 Å². The molecule has 7 heteroatoms. The molecule has 2 unspecified atom stereocenters. The second-order valence-corrected chi connectivity index (χ2v) is 12.4. The van der Waals surface area contributed by atoms with E-state index in [2.05, 4.69) is 20.8 Å². The average molecular weight is 442 g/mol. The fourth-order valence-electron chi connectivity index (χ4n) is 4.15. The van der Waals surface area contributed by atoms with Gasteiger partial charge in [-0.1, -0.05) is 45.0 Å². The smallest absolute Gasteiger partial charge is 0.261 e. The van der Waals surface area contributed by atoms with Crippen LogP contribution in [0.25, 0.3) is 0 Å². The van der Waals surface area contributed by atoms with Crippen molar-refractivity contribution >= 4 is 20.1 Å². The van der Waals surface area contributed by atoms with E-state index >= 15 is 0 Å². The molecule has 0 aliphatic carbocycles. The number of carbonyl (C=O) groups is 2. The van der Waals surface area contributed by atoms with Gasteiger partial charge in [-0.3, -0.25) is 14.5 Å². The van der Waals surface area contributed by atoms with Gasteiger partial charge in [0.25, 0.3) is 11.8 Å². The normalized spacial score (nSPS) is 18.5. The first kappa shape index (κ1) is 23.0. The Kier molecular flexibility index (Phi) is 7.18. The lowest BCUT2D eigenvalue weighted by Crippen LogP contribution is -2.64. The van der Waals surface area contributed by atoms with Crippen molar-refractivity contribution < 1.29 is 23.5 Å². The van der Waals surface area contributed by atoms with Crippen LogP contribution in [0.3, 0.4) is 0 Å². The molecular formula is C24H31NO5Si. The molecule has 2 atom stereocenters. The Hall–Kier alpha value is -2.64. The van der Waals surface area contributed by atoms with Crippen molar-refractivity contribution in [3.8, 4) is 11.5 Å². The van der Waals surface area contributed by atoms with Gasteiger partial charge in [0.2, 0.25) is 0 Å². The third-order valence-corrected chi connectivity index (χ3v) is 11.0. The minimum atomic E-state index is -2.06. The zero-order valence-corrected chi connectivity index (χ0v) is 19.9. The number of methoxy groups -OCH3 is 2. The molecule has 1 saturated heterocycles. The van der Waals surface area contributed by atoms with Crippen molar-refractivity contribution in [3.63, 3.8) is 0 Å². The molecule has 1 heterocycles. The quantitative estimate of drug-likeness (QED) is 0.317. The number of nitrogens with zero attached hydrogens (tertiary/aromatic N) is 1. The molecule has 0 spiro atoms. The first-order valence-corrected chi connectivity index (χ1v) is 13.3. The van der Waals surface area contributed by atoms with Gasteiger partial charge in [-0.25, -0.2) is 0 Å². The summed E-state index contributed by atoms with van der Waals surface area (Å²) in [6, 6.07) is 16.6. The highest BCUT2D eigenvalue weighted by Gasteiger charge is 2.54. The number of benzene rings is 2. The predicted octanol–water partition coefficient (Wildman–Crippen LogP) is 4.82. The third-order valence-electron chi connectivity index (χ3n) is 6.34. The molecule has 0 aromatic heterocycles. The van der Waals surface area contributed by atoms with Crippen molar-refractivity contribution in [2.24, 2.45) is 0 Å². The summed E-state index contributed by atoms with van der Waals surface area (Å²) in [5, 5.41) is 0. The summed E-state index contributed by atoms with van der Waals surface area (Å²) in [6.45, 7) is 6.38. The van der Waals surface area contributed by atoms with Crippen molar-refractivity contribution in [1.29, 1.82) is 0 Å². The Balaban J connectivity index is 2.02. The number of imide groups is 1. The number of hydrogen-bond donors (Lipinski definition) is 0. The van der Waals surface area contributed by atoms with Gasteiger partial charge in [0.1, 0.15) is 0 Å². The summed E-state index contributed by atoms with van der Waals surface area (Å²) in [6.07, 6.45) is -0.669. The zero-order valence-electron chi connectivity index (χ0n) is 18.9. The number of carbonyl (C=O) groups excluding carboxylic acids is 2. The van der Waals surface area contributed by atoms with E-state index in [0.717, 1.165) is 23.7 Å². The van der Waals surface area contributed by atoms with Gasteiger partial charge in [0.05, 0.1) is 20.3 Å². The highest BCUT2D eigenvalue weighted by Crippen LogP contribution is 2.43. The Labute approximate surface area is 185 Å². The molecule has 3 rings (SSSR count). The Morgan fingerprint density at radius 2 is 1.55 bits per heavy atom. The number of likely N-dealkylation sites (tertiary alicyclic amines) is 1. The average Bonchev–Trinajstić information content (AvgIpc) is 2.83. The van der Waals surface area contributed by atoms with E-state index in [1.54, 1.807) is 44.6 Å². The molecule has 1 fully saturated rings. The molecule has 1 aliphatic heterocycles. The summed E-state index contributed by atoms with van der Waals surface area (Å²) in [5.74, 6) is 0.549. The fraction of sp³-hybridized carbons (Fsp3) is 0.417. The molecule has 31 heavy (non-hydrogen) atoms. The molecule has 1 aliphatic rings. The number of ether oxygens (including phenoxy) is 2. The van der Waals surface area contributed by atoms with Gasteiger partial charge in [-0.15, -0.1) is 0 Å². The first-order valence-electron chi connectivity index (χ1n) is 10.8. The van der Waals surface area contributed by atoms with E-state index in [9.17, 15) is 9.59 Å². The van der Waals surface area contributed by atoms with E-state index in [1.165, 1.54) is 4.90 Å². The second-order valence-electron chi connectivity index (χ2n) is 7.72. The van der Waals surface area contributed by atoms with Gasteiger partial charge < -0.3 is 13.9 Å². The van der Waals surface area contributed by atoms with Gasteiger partial charge in [-0.05, 0) is 48.0 Å². The lowest BCUT2D eigenvalue weighted by atomic mass is 9.89. The molecule has 0 saturated carbocycles. The standard InChI is InChI=1S/C24H31NO5Si/c1-6-31(7-2,8-3)30-22-21(18-14-15-19(28-4)20(16-18)29-5)25(24(22)27)23(26)17-12-10-9-11-13-17/h9-16,21-22H,6-8H2,1-5H3. The van der Waals surface area contributed by atoms with Crippen LogP contribution in [0.2, 0.25) is 18.1 Å². The SMILES string of the molecule is CC[Si](CC)(CC)OC1C(=O)N(C(=O)c2ccccc2)C1c1ccc(OC)c(OC)c1. The van der Waals surface area contributed by atoms with Crippen LogP contribution >= 0.6 is 0 Å². The van der Waals surface area contributed by atoms with Crippen molar-refractivity contribution in [1.82, 2.24) is 4.90 Å². The van der Waals surface area contributed by atoms with Crippen LogP contribution in [0.5, 0.6) is 11.5 Å². The lowest BCUT2D eigenvalue weighted by molar-refractivity contribution is -0.158. The Morgan fingerprint density at radius 3 is 2.10 bits per heavy atom. The largest absolute Gasteiger partial charge is 0.493 e. The van der Waals surface area contributed by atoms with Gasteiger partial charge in [-0.2, -0.15) is 0 Å². The van der Waals surface area contributed by atoms with Crippen LogP contribution in [-0.2, 0) is 9.22 Å². The van der Waals surface area contributed by atoms with Crippen LogP contribution in [0.4, 0.5) is 0 Å². The minimum Gasteiger partial charge on any atom is -0.493 e. The van der Waals surface area contributed by atoms with E-state index in [-0.39, 0.29) is 11.8 Å². The molecule has 2 aromatic rings. The molecule has 0 bridgehead atoms.